The molecule has 0 saturated heterocycles. The largest absolute Gasteiger partial charge is 0.478 e. The van der Waals surface area contributed by atoms with E-state index in [4.69, 9.17) is 5.11 Å². The SMILES string of the molecule is CC#CCCS(=O)(=O)c1cc(C)c(F)c(C(=O)O)c1. The zero-order valence-corrected chi connectivity index (χ0v) is 11.3. The summed E-state index contributed by atoms with van der Waals surface area (Å²) in [6.45, 7) is 2.92. The number of halogens is 1. The lowest BCUT2D eigenvalue weighted by Crippen LogP contribution is -2.10. The summed E-state index contributed by atoms with van der Waals surface area (Å²) in [6, 6.07) is 1.98. The van der Waals surface area contributed by atoms with Crippen LogP contribution in [0.5, 0.6) is 0 Å². The molecule has 0 atom stereocenters. The quantitative estimate of drug-likeness (QED) is 0.678. The molecule has 102 valence electrons. The zero-order chi connectivity index (χ0) is 14.6. The molecule has 0 radical (unpaired) electrons. The zero-order valence-electron chi connectivity index (χ0n) is 10.5. The Labute approximate surface area is 111 Å². The van der Waals surface area contributed by atoms with Crippen LogP contribution in [0.15, 0.2) is 17.0 Å². The Morgan fingerprint density at radius 2 is 2.05 bits per heavy atom. The van der Waals surface area contributed by atoms with Crippen LogP contribution in [0.1, 0.15) is 29.3 Å². The molecule has 0 aliphatic rings. The fourth-order valence-electron chi connectivity index (χ4n) is 1.50. The van der Waals surface area contributed by atoms with Crippen molar-refractivity contribution in [3.05, 3.63) is 29.1 Å². The van der Waals surface area contributed by atoms with Gasteiger partial charge in [0.25, 0.3) is 0 Å². The Morgan fingerprint density at radius 3 is 2.58 bits per heavy atom. The van der Waals surface area contributed by atoms with Crippen molar-refractivity contribution in [1.82, 2.24) is 0 Å². The Hall–Kier alpha value is -1.87. The summed E-state index contributed by atoms with van der Waals surface area (Å²) >= 11 is 0. The highest BCUT2D eigenvalue weighted by Crippen LogP contribution is 2.20. The number of aromatic carboxylic acids is 1. The molecule has 1 rings (SSSR count). The maximum atomic E-state index is 13.5. The van der Waals surface area contributed by atoms with E-state index >= 15 is 0 Å². The minimum atomic E-state index is -3.66. The summed E-state index contributed by atoms with van der Waals surface area (Å²) in [5.41, 5.74) is -0.653. The lowest BCUT2D eigenvalue weighted by atomic mass is 10.1. The van der Waals surface area contributed by atoms with E-state index in [-0.39, 0.29) is 22.6 Å². The molecule has 0 spiro atoms. The molecule has 1 aromatic rings. The van der Waals surface area contributed by atoms with Gasteiger partial charge in [-0.2, -0.15) is 0 Å². The molecule has 0 aliphatic carbocycles. The Balaban J connectivity index is 3.27. The maximum Gasteiger partial charge on any atom is 0.338 e. The number of hydrogen-bond acceptors (Lipinski definition) is 3. The number of carboxylic acids is 1. The molecule has 0 saturated carbocycles. The maximum absolute atomic E-state index is 13.5. The molecule has 0 amide bonds. The van der Waals surface area contributed by atoms with Crippen molar-refractivity contribution in [2.45, 2.75) is 25.2 Å². The number of carboxylic acid groups (broad SMARTS) is 1. The van der Waals surface area contributed by atoms with Gasteiger partial charge < -0.3 is 5.11 Å². The highest BCUT2D eigenvalue weighted by atomic mass is 32.2. The Morgan fingerprint density at radius 1 is 1.42 bits per heavy atom. The Bertz CT molecular complexity index is 666. The van der Waals surface area contributed by atoms with Crippen LogP contribution >= 0.6 is 0 Å². The predicted octanol–water partition coefficient (Wildman–Crippen LogP) is 2.02. The van der Waals surface area contributed by atoms with E-state index in [1.165, 1.54) is 6.92 Å². The molecular weight excluding hydrogens is 271 g/mol. The molecule has 6 heteroatoms. The monoisotopic (exact) mass is 284 g/mol. The number of sulfone groups is 1. The molecule has 0 fully saturated rings. The van der Waals surface area contributed by atoms with E-state index in [0.717, 1.165) is 12.1 Å². The van der Waals surface area contributed by atoms with E-state index < -0.39 is 27.2 Å². The van der Waals surface area contributed by atoms with Gasteiger partial charge in [0.05, 0.1) is 16.2 Å². The minimum Gasteiger partial charge on any atom is -0.478 e. The summed E-state index contributed by atoms with van der Waals surface area (Å²) in [6.07, 6.45) is 0.150. The van der Waals surface area contributed by atoms with Crippen LogP contribution in [0.2, 0.25) is 0 Å². The van der Waals surface area contributed by atoms with Gasteiger partial charge >= 0.3 is 5.97 Å². The van der Waals surface area contributed by atoms with Gasteiger partial charge in [0.1, 0.15) is 5.82 Å². The molecule has 1 aromatic carbocycles. The first-order valence-corrected chi connectivity index (χ1v) is 7.10. The summed E-state index contributed by atoms with van der Waals surface area (Å²) in [4.78, 5) is 10.7. The molecule has 0 unspecified atom stereocenters. The summed E-state index contributed by atoms with van der Waals surface area (Å²) in [5, 5.41) is 8.84. The first kappa shape index (κ1) is 15.2. The van der Waals surface area contributed by atoms with E-state index in [1.54, 1.807) is 6.92 Å². The number of carbonyl (C=O) groups is 1. The van der Waals surface area contributed by atoms with Crippen molar-refractivity contribution in [2.75, 3.05) is 5.75 Å². The summed E-state index contributed by atoms with van der Waals surface area (Å²) in [5.74, 6) is 2.56. The van der Waals surface area contributed by atoms with Gasteiger partial charge in [0.15, 0.2) is 9.84 Å². The van der Waals surface area contributed by atoms with Crippen molar-refractivity contribution < 1.29 is 22.7 Å². The minimum absolute atomic E-state index is 0.0138. The Kier molecular flexibility index (Phi) is 4.67. The first-order valence-electron chi connectivity index (χ1n) is 5.45. The normalized spacial score (nSPS) is 10.7. The number of rotatable bonds is 4. The second-order valence-corrected chi connectivity index (χ2v) is 6.01. The van der Waals surface area contributed by atoms with Crippen LogP contribution in [0, 0.1) is 24.6 Å². The second kappa shape index (κ2) is 5.85. The van der Waals surface area contributed by atoms with Crippen molar-refractivity contribution in [3.8, 4) is 11.8 Å². The summed E-state index contributed by atoms with van der Waals surface area (Å²) in [7, 11) is -3.66. The van der Waals surface area contributed by atoms with E-state index in [9.17, 15) is 17.6 Å². The van der Waals surface area contributed by atoms with Crippen molar-refractivity contribution in [3.63, 3.8) is 0 Å². The number of benzene rings is 1. The number of hydrogen-bond donors (Lipinski definition) is 1. The van der Waals surface area contributed by atoms with Crippen molar-refractivity contribution in [1.29, 1.82) is 0 Å². The fraction of sp³-hybridized carbons (Fsp3) is 0.308. The van der Waals surface area contributed by atoms with Gasteiger partial charge in [0, 0.05) is 6.42 Å². The molecule has 0 aromatic heterocycles. The smallest absolute Gasteiger partial charge is 0.338 e. The highest BCUT2D eigenvalue weighted by Gasteiger charge is 2.20. The van der Waals surface area contributed by atoms with Crippen LogP contribution in [-0.2, 0) is 9.84 Å². The van der Waals surface area contributed by atoms with Gasteiger partial charge in [-0.25, -0.2) is 17.6 Å². The van der Waals surface area contributed by atoms with E-state index in [2.05, 4.69) is 11.8 Å². The average Bonchev–Trinajstić information content (AvgIpc) is 2.32. The average molecular weight is 284 g/mol. The van der Waals surface area contributed by atoms with Gasteiger partial charge in [-0.15, -0.1) is 11.8 Å². The molecule has 19 heavy (non-hydrogen) atoms. The van der Waals surface area contributed by atoms with Crippen LogP contribution in [0.3, 0.4) is 0 Å². The molecule has 0 aliphatic heterocycles. The molecule has 0 bridgehead atoms. The van der Waals surface area contributed by atoms with Crippen LogP contribution in [0.25, 0.3) is 0 Å². The van der Waals surface area contributed by atoms with Crippen LogP contribution < -0.4 is 0 Å². The first-order chi connectivity index (χ1) is 8.79. The molecule has 1 N–H and O–H groups in total. The van der Waals surface area contributed by atoms with Crippen LogP contribution in [-0.4, -0.2) is 25.2 Å². The van der Waals surface area contributed by atoms with Gasteiger partial charge in [-0.05, 0) is 31.5 Å². The van der Waals surface area contributed by atoms with Gasteiger partial charge in [-0.3, -0.25) is 0 Å². The van der Waals surface area contributed by atoms with Crippen LogP contribution in [0.4, 0.5) is 4.39 Å². The molecular formula is C13H13FO4S. The molecule has 0 heterocycles. The predicted molar refractivity (Wildman–Crippen MR) is 68.2 cm³/mol. The highest BCUT2D eigenvalue weighted by molar-refractivity contribution is 7.91. The third kappa shape index (κ3) is 3.55. The second-order valence-electron chi connectivity index (χ2n) is 3.90. The third-order valence-electron chi connectivity index (χ3n) is 2.49. The van der Waals surface area contributed by atoms with Gasteiger partial charge in [-0.1, -0.05) is 0 Å². The topological polar surface area (TPSA) is 71.4 Å². The van der Waals surface area contributed by atoms with Gasteiger partial charge in [0.2, 0.25) is 0 Å². The summed E-state index contributed by atoms with van der Waals surface area (Å²) < 4.78 is 37.5. The number of aryl methyl sites for hydroxylation is 1. The van der Waals surface area contributed by atoms with E-state index in [0.29, 0.717) is 0 Å². The standard InChI is InChI=1S/C13H13FO4S/c1-3-4-5-6-19(17,18)10-7-9(2)12(14)11(8-10)13(15)16/h7-8H,5-6H2,1-2H3,(H,15,16). The van der Waals surface area contributed by atoms with Crippen molar-refractivity contribution >= 4 is 15.8 Å². The molecule has 4 nitrogen and oxygen atoms in total. The fourth-order valence-corrected chi connectivity index (χ4v) is 2.76. The van der Waals surface area contributed by atoms with Crippen molar-refractivity contribution in [2.24, 2.45) is 0 Å². The lowest BCUT2D eigenvalue weighted by molar-refractivity contribution is 0.0691. The third-order valence-corrected chi connectivity index (χ3v) is 4.19. The van der Waals surface area contributed by atoms with E-state index in [1.807, 2.05) is 0 Å². The lowest BCUT2D eigenvalue weighted by Gasteiger charge is -2.07.